The predicted octanol–water partition coefficient (Wildman–Crippen LogP) is 4.41. The monoisotopic (exact) mass is 313 g/mol. The van der Waals surface area contributed by atoms with E-state index in [1.807, 2.05) is 12.1 Å². The molecule has 1 aromatic heterocycles. The molecule has 0 fully saturated rings. The quantitative estimate of drug-likeness (QED) is 0.788. The molecule has 0 spiro atoms. The SMILES string of the molecule is COC(=O)c1cnc(/C=C\c2ccc(Cl)cc2Cl)s1. The zero-order valence-electron chi connectivity index (χ0n) is 9.89. The van der Waals surface area contributed by atoms with Gasteiger partial charge in [-0.3, -0.25) is 0 Å². The average molecular weight is 314 g/mol. The minimum absolute atomic E-state index is 0.387. The number of hydrogen-bond donors (Lipinski definition) is 0. The van der Waals surface area contributed by atoms with Gasteiger partial charge in [0, 0.05) is 10.0 Å². The summed E-state index contributed by atoms with van der Waals surface area (Å²) >= 11 is 13.1. The number of thiazole rings is 1. The van der Waals surface area contributed by atoms with E-state index in [2.05, 4.69) is 9.72 Å². The molecule has 0 aliphatic rings. The molecular weight excluding hydrogens is 305 g/mol. The smallest absolute Gasteiger partial charge is 0.349 e. The fraction of sp³-hybridized carbons (Fsp3) is 0.0769. The van der Waals surface area contributed by atoms with Gasteiger partial charge in [-0.25, -0.2) is 9.78 Å². The van der Waals surface area contributed by atoms with Crippen LogP contribution >= 0.6 is 34.5 Å². The van der Waals surface area contributed by atoms with Crippen LogP contribution in [0, 0.1) is 0 Å². The number of aromatic nitrogens is 1. The van der Waals surface area contributed by atoms with Crippen molar-refractivity contribution in [1.29, 1.82) is 0 Å². The lowest BCUT2D eigenvalue weighted by atomic mass is 10.2. The molecule has 0 amide bonds. The first kappa shape index (κ1) is 14.1. The number of hydrogen-bond acceptors (Lipinski definition) is 4. The molecule has 3 nitrogen and oxygen atoms in total. The zero-order valence-corrected chi connectivity index (χ0v) is 12.2. The number of ether oxygens (including phenoxy) is 1. The van der Waals surface area contributed by atoms with Gasteiger partial charge in [-0.15, -0.1) is 11.3 Å². The van der Waals surface area contributed by atoms with E-state index in [0.717, 1.165) is 5.56 Å². The maximum atomic E-state index is 11.3. The first-order chi connectivity index (χ1) is 9.10. The van der Waals surface area contributed by atoms with Crippen LogP contribution in [0.1, 0.15) is 20.2 Å². The van der Waals surface area contributed by atoms with Crippen LogP contribution in [0.5, 0.6) is 0 Å². The van der Waals surface area contributed by atoms with E-state index in [1.54, 1.807) is 18.2 Å². The van der Waals surface area contributed by atoms with Crippen LogP contribution in [-0.2, 0) is 4.74 Å². The molecule has 0 atom stereocenters. The molecule has 2 rings (SSSR count). The van der Waals surface area contributed by atoms with Crippen molar-refractivity contribution in [2.75, 3.05) is 7.11 Å². The van der Waals surface area contributed by atoms with Crippen molar-refractivity contribution in [1.82, 2.24) is 4.98 Å². The Hall–Kier alpha value is -1.36. The van der Waals surface area contributed by atoms with Crippen LogP contribution in [0.15, 0.2) is 24.4 Å². The number of esters is 1. The van der Waals surface area contributed by atoms with Gasteiger partial charge in [-0.05, 0) is 23.8 Å². The lowest BCUT2D eigenvalue weighted by Gasteiger charge is -1.97. The molecule has 0 saturated carbocycles. The highest BCUT2D eigenvalue weighted by Gasteiger charge is 2.08. The summed E-state index contributed by atoms with van der Waals surface area (Å²) in [6.45, 7) is 0. The lowest BCUT2D eigenvalue weighted by molar-refractivity contribution is 0.0606. The minimum Gasteiger partial charge on any atom is -0.465 e. The van der Waals surface area contributed by atoms with Crippen molar-refractivity contribution < 1.29 is 9.53 Å². The Bertz CT molecular complexity index is 637. The van der Waals surface area contributed by atoms with Gasteiger partial charge in [0.05, 0.1) is 13.3 Å². The normalized spacial score (nSPS) is 10.9. The number of rotatable bonds is 3. The van der Waals surface area contributed by atoms with Crippen molar-refractivity contribution in [3.05, 3.63) is 49.9 Å². The number of carbonyl (C=O) groups is 1. The maximum Gasteiger partial charge on any atom is 0.349 e. The zero-order chi connectivity index (χ0) is 13.8. The number of carbonyl (C=O) groups excluding carboxylic acids is 1. The second kappa shape index (κ2) is 6.19. The predicted molar refractivity (Wildman–Crippen MR) is 78.8 cm³/mol. The molecule has 19 heavy (non-hydrogen) atoms. The molecule has 0 saturated heterocycles. The molecular formula is C13H9Cl2NO2S. The second-order valence-electron chi connectivity index (χ2n) is 3.55. The van der Waals surface area contributed by atoms with E-state index >= 15 is 0 Å². The molecule has 6 heteroatoms. The van der Waals surface area contributed by atoms with Crippen LogP contribution in [0.4, 0.5) is 0 Å². The maximum absolute atomic E-state index is 11.3. The third kappa shape index (κ3) is 3.56. The summed E-state index contributed by atoms with van der Waals surface area (Å²) in [6, 6.07) is 5.25. The molecule has 1 heterocycles. The van der Waals surface area contributed by atoms with Crippen molar-refractivity contribution in [3.63, 3.8) is 0 Å². The van der Waals surface area contributed by atoms with Crippen molar-refractivity contribution in [3.8, 4) is 0 Å². The van der Waals surface area contributed by atoms with Crippen LogP contribution in [-0.4, -0.2) is 18.1 Å². The minimum atomic E-state index is -0.387. The first-order valence-corrected chi connectivity index (χ1v) is 6.84. The van der Waals surface area contributed by atoms with Gasteiger partial charge in [-0.1, -0.05) is 35.3 Å². The fourth-order valence-corrected chi connectivity index (χ4v) is 2.57. The van der Waals surface area contributed by atoms with E-state index in [9.17, 15) is 4.79 Å². The van der Waals surface area contributed by atoms with Gasteiger partial charge in [0.15, 0.2) is 0 Å². The van der Waals surface area contributed by atoms with E-state index in [0.29, 0.717) is 19.9 Å². The van der Waals surface area contributed by atoms with Crippen LogP contribution in [0.2, 0.25) is 10.0 Å². The van der Waals surface area contributed by atoms with Gasteiger partial charge in [0.2, 0.25) is 0 Å². The molecule has 2 aromatic rings. The lowest BCUT2D eigenvalue weighted by Crippen LogP contribution is -1.96. The highest BCUT2D eigenvalue weighted by atomic mass is 35.5. The number of benzene rings is 1. The standard InChI is InChI=1S/C13H9Cl2NO2S/c1-18-13(17)11-7-16-12(19-11)5-3-8-2-4-9(14)6-10(8)15/h2-7H,1H3/b5-3-. The summed E-state index contributed by atoms with van der Waals surface area (Å²) in [5.41, 5.74) is 0.834. The largest absolute Gasteiger partial charge is 0.465 e. The Balaban J connectivity index is 2.18. The van der Waals surface area contributed by atoms with Gasteiger partial charge in [0.25, 0.3) is 0 Å². The van der Waals surface area contributed by atoms with Gasteiger partial charge in [-0.2, -0.15) is 0 Å². The third-order valence-corrected chi connectivity index (χ3v) is 3.78. The Kier molecular flexibility index (Phi) is 4.58. The summed E-state index contributed by atoms with van der Waals surface area (Å²) in [4.78, 5) is 15.9. The van der Waals surface area contributed by atoms with Crippen LogP contribution < -0.4 is 0 Å². The van der Waals surface area contributed by atoms with Gasteiger partial charge < -0.3 is 4.74 Å². The number of methoxy groups -OCH3 is 1. The first-order valence-electron chi connectivity index (χ1n) is 5.27. The third-order valence-electron chi connectivity index (χ3n) is 2.28. The Morgan fingerprint density at radius 1 is 1.37 bits per heavy atom. The summed E-state index contributed by atoms with van der Waals surface area (Å²) < 4.78 is 4.62. The topological polar surface area (TPSA) is 39.2 Å². The second-order valence-corrected chi connectivity index (χ2v) is 5.46. The fourth-order valence-electron chi connectivity index (χ4n) is 1.36. The molecule has 0 bridgehead atoms. The van der Waals surface area contributed by atoms with Crippen molar-refractivity contribution >= 4 is 52.7 Å². The van der Waals surface area contributed by atoms with Gasteiger partial charge in [0.1, 0.15) is 9.88 Å². The Morgan fingerprint density at radius 3 is 2.84 bits per heavy atom. The van der Waals surface area contributed by atoms with E-state index in [4.69, 9.17) is 23.2 Å². The number of halogens is 2. The summed E-state index contributed by atoms with van der Waals surface area (Å²) in [5.74, 6) is -0.387. The van der Waals surface area contributed by atoms with E-state index < -0.39 is 0 Å². The van der Waals surface area contributed by atoms with Gasteiger partial charge >= 0.3 is 5.97 Å². The molecule has 0 N–H and O–H groups in total. The molecule has 98 valence electrons. The molecule has 0 unspecified atom stereocenters. The van der Waals surface area contributed by atoms with Crippen LogP contribution in [0.25, 0.3) is 12.2 Å². The Morgan fingerprint density at radius 2 is 2.16 bits per heavy atom. The highest BCUT2D eigenvalue weighted by Crippen LogP contribution is 2.23. The molecule has 1 aromatic carbocycles. The van der Waals surface area contributed by atoms with Crippen molar-refractivity contribution in [2.45, 2.75) is 0 Å². The summed E-state index contributed by atoms with van der Waals surface area (Å²) in [6.07, 6.45) is 5.09. The van der Waals surface area contributed by atoms with E-state index in [1.165, 1.54) is 24.6 Å². The molecule has 0 aliphatic heterocycles. The highest BCUT2D eigenvalue weighted by molar-refractivity contribution is 7.14. The van der Waals surface area contributed by atoms with Crippen molar-refractivity contribution in [2.24, 2.45) is 0 Å². The molecule has 0 radical (unpaired) electrons. The number of nitrogens with zero attached hydrogens (tertiary/aromatic N) is 1. The average Bonchev–Trinajstić information content (AvgIpc) is 2.85. The van der Waals surface area contributed by atoms with Crippen LogP contribution in [0.3, 0.4) is 0 Å². The molecule has 0 aliphatic carbocycles. The summed E-state index contributed by atoms with van der Waals surface area (Å²) in [7, 11) is 1.34. The van der Waals surface area contributed by atoms with E-state index in [-0.39, 0.29) is 5.97 Å². The summed E-state index contributed by atoms with van der Waals surface area (Å²) in [5, 5.41) is 1.85. The Labute approximate surface area is 124 Å².